The highest BCUT2D eigenvalue weighted by atomic mass is 16.3. The van der Waals surface area contributed by atoms with Crippen LogP contribution in [0.5, 0.6) is 5.75 Å². The first-order chi connectivity index (χ1) is 6.65. The molecule has 4 nitrogen and oxygen atoms in total. The Morgan fingerprint density at radius 2 is 2.29 bits per heavy atom. The van der Waals surface area contributed by atoms with Crippen LogP contribution in [0.25, 0.3) is 0 Å². The van der Waals surface area contributed by atoms with E-state index >= 15 is 0 Å². The molecule has 0 amide bonds. The van der Waals surface area contributed by atoms with Crippen LogP contribution >= 0.6 is 0 Å². The van der Waals surface area contributed by atoms with Crippen molar-refractivity contribution in [2.45, 2.75) is 19.8 Å². The van der Waals surface area contributed by atoms with E-state index in [-0.39, 0.29) is 11.2 Å². The first-order valence-corrected chi connectivity index (χ1v) is 4.78. The molecule has 1 aromatic rings. The summed E-state index contributed by atoms with van der Waals surface area (Å²) in [5, 5.41) is 12.3. The van der Waals surface area contributed by atoms with Crippen LogP contribution in [0.4, 0.5) is 5.82 Å². The van der Waals surface area contributed by atoms with Gasteiger partial charge in [-0.05, 0) is 6.42 Å². The monoisotopic (exact) mass is 196 g/mol. The standard InChI is InChI=1S/C10H16N2O2/c1-3-4-5-11-10-6-8(13)9(14)7-12(10)2/h6-7,11,14H,3-5H2,1-2H3. The molecule has 1 rings (SSSR count). The number of aromatic hydroxyl groups is 1. The summed E-state index contributed by atoms with van der Waals surface area (Å²) in [6.45, 7) is 2.95. The zero-order chi connectivity index (χ0) is 10.6. The van der Waals surface area contributed by atoms with E-state index in [0.717, 1.165) is 25.2 Å². The van der Waals surface area contributed by atoms with Crippen LogP contribution in [0.1, 0.15) is 19.8 Å². The number of hydrogen-bond acceptors (Lipinski definition) is 3. The van der Waals surface area contributed by atoms with Crippen LogP contribution in [0.3, 0.4) is 0 Å². The smallest absolute Gasteiger partial charge is 0.225 e. The lowest BCUT2D eigenvalue weighted by molar-refractivity contribution is 0.464. The summed E-state index contributed by atoms with van der Waals surface area (Å²) >= 11 is 0. The zero-order valence-corrected chi connectivity index (χ0v) is 8.58. The van der Waals surface area contributed by atoms with Crippen LogP contribution in [0.2, 0.25) is 0 Å². The molecule has 1 aromatic heterocycles. The van der Waals surface area contributed by atoms with Gasteiger partial charge in [0.15, 0.2) is 5.75 Å². The van der Waals surface area contributed by atoms with E-state index in [9.17, 15) is 4.79 Å². The highest BCUT2D eigenvalue weighted by Gasteiger charge is 2.01. The summed E-state index contributed by atoms with van der Waals surface area (Å²) < 4.78 is 1.70. The van der Waals surface area contributed by atoms with Crippen LogP contribution in [-0.2, 0) is 7.05 Å². The molecule has 0 atom stereocenters. The van der Waals surface area contributed by atoms with Gasteiger partial charge < -0.3 is 15.0 Å². The predicted octanol–water partition coefficient (Wildman–Crippen LogP) is 1.30. The van der Waals surface area contributed by atoms with Gasteiger partial charge in [-0.3, -0.25) is 4.79 Å². The third-order valence-electron chi connectivity index (χ3n) is 2.05. The number of hydrogen-bond donors (Lipinski definition) is 2. The second kappa shape index (κ2) is 4.69. The van der Waals surface area contributed by atoms with E-state index in [1.165, 1.54) is 12.3 Å². The van der Waals surface area contributed by atoms with Crippen LogP contribution in [0.15, 0.2) is 17.1 Å². The van der Waals surface area contributed by atoms with Gasteiger partial charge >= 0.3 is 0 Å². The minimum absolute atomic E-state index is 0.214. The number of aryl methyl sites for hydroxylation is 1. The number of nitrogens with zero attached hydrogens (tertiary/aromatic N) is 1. The van der Waals surface area contributed by atoms with Crippen molar-refractivity contribution in [2.24, 2.45) is 7.05 Å². The second-order valence-corrected chi connectivity index (χ2v) is 3.30. The van der Waals surface area contributed by atoms with Gasteiger partial charge in [-0.2, -0.15) is 0 Å². The maximum atomic E-state index is 11.1. The topological polar surface area (TPSA) is 54.3 Å². The highest BCUT2D eigenvalue weighted by molar-refractivity contribution is 5.38. The molecule has 0 aliphatic heterocycles. The van der Waals surface area contributed by atoms with E-state index in [4.69, 9.17) is 5.11 Å². The molecule has 1 heterocycles. The van der Waals surface area contributed by atoms with E-state index in [1.54, 1.807) is 11.6 Å². The summed E-state index contributed by atoms with van der Waals surface area (Å²) in [4.78, 5) is 11.1. The zero-order valence-electron chi connectivity index (χ0n) is 8.58. The minimum Gasteiger partial charge on any atom is -0.503 e. The van der Waals surface area contributed by atoms with Gasteiger partial charge in [-0.25, -0.2) is 0 Å². The number of anilines is 1. The van der Waals surface area contributed by atoms with Crippen molar-refractivity contribution in [3.05, 3.63) is 22.5 Å². The molecule has 0 aliphatic rings. The van der Waals surface area contributed by atoms with Gasteiger partial charge in [-0.15, -0.1) is 0 Å². The molecule has 0 aromatic carbocycles. The highest BCUT2D eigenvalue weighted by Crippen LogP contribution is 2.07. The predicted molar refractivity (Wildman–Crippen MR) is 56.7 cm³/mol. The van der Waals surface area contributed by atoms with Gasteiger partial charge in [0.2, 0.25) is 5.43 Å². The van der Waals surface area contributed by atoms with Crippen LogP contribution in [0, 0.1) is 0 Å². The molecule has 0 bridgehead atoms. The normalized spacial score (nSPS) is 10.1. The number of nitrogens with one attached hydrogen (secondary N) is 1. The summed E-state index contributed by atoms with van der Waals surface area (Å²) in [5.74, 6) is 0.523. The molecule has 0 fully saturated rings. The molecular formula is C10H16N2O2. The van der Waals surface area contributed by atoms with E-state index in [2.05, 4.69) is 12.2 Å². The molecule has 0 unspecified atom stereocenters. The largest absolute Gasteiger partial charge is 0.503 e. The summed E-state index contributed by atoms with van der Waals surface area (Å²) in [5.41, 5.74) is -0.345. The third kappa shape index (κ3) is 2.52. The lowest BCUT2D eigenvalue weighted by Crippen LogP contribution is -2.12. The third-order valence-corrected chi connectivity index (χ3v) is 2.05. The Bertz CT molecular complexity index is 358. The molecule has 14 heavy (non-hydrogen) atoms. The minimum atomic E-state index is -0.345. The maximum Gasteiger partial charge on any atom is 0.225 e. The number of pyridine rings is 1. The fourth-order valence-corrected chi connectivity index (χ4v) is 1.19. The fraction of sp³-hybridized carbons (Fsp3) is 0.500. The lowest BCUT2D eigenvalue weighted by Gasteiger charge is -2.10. The SMILES string of the molecule is CCCCNc1cc(=O)c(O)cn1C. The van der Waals surface area contributed by atoms with Gasteiger partial charge in [-0.1, -0.05) is 13.3 Å². The quantitative estimate of drug-likeness (QED) is 0.714. The van der Waals surface area contributed by atoms with Crippen molar-refractivity contribution in [3.63, 3.8) is 0 Å². The first-order valence-electron chi connectivity index (χ1n) is 4.78. The Kier molecular flexibility index (Phi) is 3.56. The van der Waals surface area contributed by atoms with E-state index < -0.39 is 0 Å². The molecular weight excluding hydrogens is 180 g/mol. The Labute approximate surface area is 83.2 Å². The Morgan fingerprint density at radius 1 is 1.57 bits per heavy atom. The van der Waals surface area contributed by atoms with Crippen molar-refractivity contribution in [1.29, 1.82) is 0 Å². The number of aromatic nitrogens is 1. The van der Waals surface area contributed by atoms with Crippen molar-refractivity contribution in [2.75, 3.05) is 11.9 Å². The summed E-state index contributed by atoms with van der Waals surface area (Å²) in [6.07, 6.45) is 3.59. The van der Waals surface area contributed by atoms with Crippen molar-refractivity contribution < 1.29 is 5.11 Å². The summed E-state index contributed by atoms with van der Waals surface area (Å²) in [7, 11) is 1.79. The fourth-order valence-electron chi connectivity index (χ4n) is 1.19. The molecule has 0 radical (unpaired) electrons. The molecule has 0 saturated heterocycles. The molecule has 0 aliphatic carbocycles. The summed E-state index contributed by atoms with van der Waals surface area (Å²) in [6, 6.07) is 1.41. The molecule has 0 spiro atoms. The van der Waals surface area contributed by atoms with Gasteiger partial charge in [0.25, 0.3) is 0 Å². The van der Waals surface area contributed by atoms with Gasteiger partial charge in [0, 0.05) is 19.7 Å². The van der Waals surface area contributed by atoms with Crippen molar-refractivity contribution in [3.8, 4) is 5.75 Å². The van der Waals surface area contributed by atoms with Crippen molar-refractivity contribution >= 4 is 5.82 Å². The average molecular weight is 196 g/mol. The van der Waals surface area contributed by atoms with Gasteiger partial charge in [0.05, 0.1) is 6.20 Å². The van der Waals surface area contributed by atoms with Crippen LogP contribution < -0.4 is 10.7 Å². The van der Waals surface area contributed by atoms with Crippen LogP contribution in [-0.4, -0.2) is 16.2 Å². The lowest BCUT2D eigenvalue weighted by atomic mass is 10.3. The molecule has 78 valence electrons. The molecule has 4 heteroatoms. The molecule has 2 N–H and O–H groups in total. The molecule has 0 saturated carbocycles. The number of rotatable bonds is 4. The van der Waals surface area contributed by atoms with E-state index in [1.807, 2.05) is 0 Å². The Morgan fingerprint density at radius 3 is 2.93 bits per heavy atom. The van der Waals surface area contributed by atoms with Gasteiger partial charge in [0.1, 0.15) is 5.82 Å². The number of unbranched alkanes of at least 4 members (excludes halogenated alkanes) is 1. The Hall–Kier alpha value is -1.45. The second-order valence-electron chi connectivity index (χ2n) is 3.30. The first kappa shape index (κ1) is 10.6. The Balaban J connectivity index is 2.77. The van der Waals surface area contributed by atoms with E-state index in [0.29, 0.717) is 0 Å². The average Bonchev–Trinajstić information content (AvgIpc) is 2.14. The van der Waals surface area contributed by atoms with Crippen molar-refractivity contribution in [1.82, 2.24) is 4.57 Å². The maximum absolute atomic E-state index is 11.1.